The zero-order valence-corrected chi connectivity index (χ0v) is 14.2. The van der Waals surface area contributed by atoms with Gasteiger partial charge in [0.1, 0.15) is 0 Å². The number of hydrogen-bond acceptors (Lipinski definition) is 4. The van der Waals surface area contributed by atoms with Crippen LogP contribution in [0, 0.1) is 5.92 Å². The smallest absolute Gasteiger partial charge is 0.309 e. The van der Waals surface area contributed by atoms with Crippen LogP contribution in [-0.2, 0) is 9.53 Å². The van der Waals surface area contributed by atoms with Crippen LogP contribution in [0.4, 0.5) is 5.69 Å². The average Bonchev–Trinajstić information content (AvgIpc) is 2.54. The van der Waals surface area contributed by atoms with Crippen LogP contribution in [0.15, 0.2) is 34.9 Å². The molecule has 3 rings (SSSR count). The van der Waals surface area contributed by atoms with Crippen LogP contribution in [-0.4, -0.2) is 30.6 Å². The first-order valence-electron chi connectivity index (χ1n) is 7.65. The maximum absolute atomic E-state index is 11.8. The second kappa shape index (κ2) is 6.65. The third-order valence-electron chi connectivity index (χ3n) is 4.14. The van der Waals surface area contributed by atoms with Crippen molar-refractivity contribution in [1.82, 2.24) is 4.98 Å². The molecular weight excluding hydrogens is 344 g/mol. The molecule has 0 unspecified atom stereocenters. The second-order valence-corrected chi connectivity index (χ2v) is 6.42. The summed E-state index contributed by atoms with van der Waals surface area (Å²) in [6.07, 6.45) is 3.54. The van der Waals surface area contributed by atoms with Crippen LogP contribution in [0.5, 0.6) is 0 Å². The summed E-state index contributed by atoms with van der Waals surface area (Å²) in [5.74, 6) is -0.0134. The van der Waals surface area contributed by atoms with Crippen LogP contribution in [0.3, 0.4) is 0 Å². The average molecular weight is 363 g/mol. The standard InChI is InChI=1S/C17H19BrN2O2/c1-2-22-17(21)12-6-9-20(10-7-12)16-5-8-19-15-4-3-13(18)11-14(15)16/h3-5,8,11-12H,2,6-7,9-10H2,1H3. The monoisotopic (exact) mass is 362 g/mol. The number of hydrogen-bond donors (Lipinski definition) is 0. The summed E-state index contributed by atoms with van der Waals surface area (Å²) in [5, 5.41) is 1.14. The molecule has 2 heterocycles. The molecular formula is C17H19BrN2O2. The molecule has 1 aromatic carbocycles. The SMILES string of the molecule is CCOC(=O)C1CCN(c2ccnc3ccc(Br)cc23)CC1. The van der Waals surface area contributed by atoms with E-state index >= 15 is 0 Å². The highest BCUT2D eigenvalue weighted by molar-refractivity contribution is 9.10. The molecule has 22 heavy (non-hydrogen) atoms. The fraction of sp³-hybridized carbons (Fsp3) is 0.412. The van der Waals surface area contributed by atoms with Gasteiger partial charge in [-0.1, -0.05) is 15.9 Å². The molecule has 0 N–H and O–H groups in total. The zero-order chi connectivity index (χ0) is 15.5. The van der Waals surface area contributed by atoms with E-state index in [2.05, 4.69) is 37.9 Å². The van der Waals surface area contributed by atoms with Crippen molar-refractivity contribution in [1.29, 1.82) is 0 Å². The number of aromatic nitrogens is 1. The van der Waals surface area contributed by atoms with Gasteiger partial charge in [-0.3, -0.25) is 9.78 Å². The van der Waals surface area contributed by atoms with Gasteiger partial charge in [0, 0.05) is 34.8 Å². The normalized spacial score (nSPS) is 16.0. The molecule has 0 bridgehead atoms. The van der Waals surface area contributed by atoms with E-state index in [1.807, 2.05) is 25.3 Å². The molecule has 1 aliphatic heterocycles. The summed E-state index contributed by atoms with van der Waals surface area (Å²) < 4.78 is 6.19. The number of nitrogens with zero attached hydrogens (tertiary/aromatic N) is 2. The van der Waals surface area contributed by atoms with Gasteiger partial charge in [0.2, 0.25) is 0 Å². The predicted octanol–water partition coefficient (Wildman–Crippen LogP) is 3.78. The molecule has 116 valence electrons. The molecule has 0 amide bonds. The summed E-state index contributed by atoms with van der Waals surface area (Å²) in [6, 6.07) is 8.19. The molecule has 1 aliphatic rings. The van der Waals surface area contributed by atoms with Crippen molar-refractivity contribution < 1.29 is 9.53 Å². The fourth-order valence-corrected chi connectivity index (χ4v) is 3.36. The molecule has 2 aromatic rings. The Bertz CT molecular complexity index is 681. The number of halogens is 1. The third kappa shape index (κ3) is 3.09. The van der Waals surface area contributed by atoms with Gasteiger partial charge >= 0.3 is 5.97 Å². The first kappa shape index (κ1) is 15.3. The van der Waals surface area contributed by atoms with Gasteiger partial charge in [-0.05, 0) is 44.0 Å². The molecule has 5 heteroatoms. The summed E-state index contributed by atoms with van der Waals surface area (Å²) in [4.78, 5) is 18.6. The molecule has 4 nitrogen and oxygen atoms in total. The molecule has 0 radical (unpaired) electrons. The van der Waals surface area contributed by atoms with Gasteiger partial charge in [-0.15, -0.1) is 0 Å². The number of fused-ring (bicyclic) bond motifs is 1. The van der Waals surface area contributed by atoms with Crippen LogP contribution >= 0.6 is 15.9 Å². The van der Waals surface area contributed by atoms with Crippen molar-refractivity contribution in [3.05, 3.63) is 34.9 Å². The molecule has 0 spiro atoms. The Hall–Kier alpha value is -1.62. The maximum atomic E-state index is 11.8. The van der Waals surface area contributed by atoms with Crippen LogP contribution in [0.25, 0.3) is 10.9 Å². The lowest BCUT2D eigenvalue weighted by atomic mass is 9.96. The Kier molecular flexibility index (Phi) is 4.62. The van der Waals surface area contributed by atoms with Gasteiger partial charge < -0.3 is 9.64 Å². The number of anilines is 1. The van der Waals surface area contributed by atoms with E-state index in [-0.39, 0.29) is 11.9 Å². The van der Waals surface area contributed by atoms with Crippen molar-refractivity contribution in [2.75, 3.05) is 24.6 Å². The minimum absolute atomic E-state index is 0.0380. The Morgan fingerprint density at radius 1 is 1.36 bits per heavy atom. The number of esters is 1. The number of carbonyl (C=O) groups excluding carboxylic acids is 1. The summed E-state index contributed by atoms with van der Waals surface area (Å²) >= 11 is 3.53. The fourth-order valence-electron chi connectivity index (χ4n) is 3.00. The minimum Gasteiger partial charge on any atom is -0.466 e. The third-order valence-corrected chi connectivity index (χ3v) is 4.63. The lowest BCUT2D eigenvalue weighted by Crippen LogP contribution is -2.37. The summed E-state index contributed by atoms with van der Waals surface area (Å²) in [7, 11) is 0. The maximum Gasteiger partial charge on any atom is 0.309 e. The quantitative estimate of drug-likeness (QED) is 0.779. The highest BCUT2D eigenvalue weighted by Gasteiger charge is 2.26. The topological polar surface area (TPSA) is 42.4 Å². The Balaban J connectivity index is 1.79. The number of benzene rings is 1. The van der Waals surface area contributed by atoms with Crippen LogP contribution in [0.1, 0.15) is 19.8 Å². The van der Waals surface area contributed by atoms with E-state index in [1.54, 1.807) is 0 Å². The molecule has 0 saturated carbocycles. The van der Waals surface area contributed by atoms with E-state index in [1.165, 1.54) is 5.69 Å². The number of piperidine rings is 1. The lowest BCUT2D eigenvalue weighted by molar-refractivity contribution is -0.148. The minimum atomic E-state index is -0.0514. The molecule has 0 atom stereocenters. The van der Waals surface area contributed by atoms with Crippen molar-refractivity contribution in [3.8, 4) is 0 Å². The van der Waals surface area contributed by atoms with E-state index in [0.717, 1.165) is 41.3 Å². The van der Waals surface area contributed by atoms with Crippen molar-refractivity contribution in [2.24, 2.45) is 5.92 Å². The second-order valence-electron chi connectivity index (χ2n) is 5.50. The molecule has 1 saturated heterocycles. The highest BCUT2D eigenvalue weighted by atomic mass is 79.9. The molecule has 0 aliphatic carbocycles. The van der Waals surface area contributed by atoms with E-state index < -0.39 is 0 Å². The molecule has 1 fully saturated rings. The number of pyridine rings is 1. The first-order valence-corrected chi connectivity index (χ1v) is 8.44. The van der Waals surface area contributed by atoms with Gasteiger partial charge in [0.25, 0.3) is 0 Å². The van der Waals surface area contributed by atoms with Crippen molar-refractivity contribution in [2.45, 2.75) is 19.8 Å². The Labute approximate surface area is 138 Å². The van der Waals surface area contributed by atoms with Crippen molar-refractivity contribution >= 4 is 38.5 Å². The summed E-state index contributed by atoms with van der Waals surface area (Å²) in [5.41, 5.74) is 2.18. The highest BCUT2D eigenvalue weighted by Crippen LogP contribution is 2.31. The number of rotatable bonds is 3. The number of carbonyl (C=O) groups is 1. The Morgan fingerprint density at radius 3 is 2.86 bits per heavy atom. The van der Waals surface area contributed by atoms with Crippen LogP contribution in [0.2, 0.25) is 0 Å². The Morgan fingerprint density at radius 2 is 2.14 bits per heavy atom. The van der Waals surface area contributed by atoms with Gasteiger partial charge in [-0.2, -0.15) is 0 Å². The zero-order valence-electron chi connectivity index (χ0n) is 12.6. The largest absolute Gasteiger partial charge is 0.466 e. The van der Waals surface area contributed by atoms with Crippen LogP contribution < -0.4 is 4.90 Å². The molecule has 1 aromatic heterocycles. The first-order chi connectivity index (χ1) is 10.7. The van der Waals surface area contributed by atoms with Crippen molar-refractivity contribution in [3.63, 3.8) is 0 Å². The lowest BCUT2D eigenvalue weighted by Gasteiger charge is -2.33. The van der Waals surface area contributed by atoms with Gasteiger partial charge in [0.05, 0.1) is 18.0 Å². The van der Waals surface area contributed by atoms with E-state index in [4.69, 9.17) is 4.74 Å². The van der Waals surface area contributed by atoms with E-state index in [0.29, 0.717) is 6.61 Å². The van der Waals surface area contributed by atoms with Gasteiger partial charge in [-0.25, -0.2) is 0 Å². The predicted molar refractivity (Wildman–Crippen MR) is 91.0 cm³/mol. The van der Waals surface area contributed by atoms with E-state index in [9.17, 15) is 4.79 Å². The van der Waals surface area contributed by atoms with Gasteiger partial charge in [0.15, 0.2) is 0 Å². The number of ether oxygens (including phenoxy) is 1. The summed E-state index contributed by atoms with van der Waals surface area (Å²) in [6.45, 7) is 4.06.